The summed E-state index contributed by atoms with van der Waals surface area (Å²) in [5.74, 6) is 1.94. The van der Waals surface area contributed by atoms with Crippen molar-refractivity contribution in [3.8, 4) is 11.3 Å². The van der Waals surface area contributed by atoms with Crippen LogP contribution in [-0.4, -0.2) is 9.55 Å². The summed E-state index contributed by atoms with van der Waals surface area (Å²) < 4.78 is 2.21. The first-order chi connectivity index (χ1) is 10.1. The van der Waals surface area contributed by atoms with Crippen LogP contribution >= 0.6 is 0 Å². The molecule has 0 saturated carbocycles. The Kier molecular flexibility index (Phi) is 5.05. The maximum atomic E-state index is 6.40. The second-order valence-corrected chi connectivity index (χ2v) is 5.82. The second kappa shape index (κ2) is 6.79. The Hall–Kier alpha value is -1.77. The largest absolute Gasteiger partial charge is 0.383 e. The summed E-state index contributed by atoms with van der Waals surface area (Å²) in [5.41, 5.74) is 11.1. The lowest BCUT2D eigenvalue weighted by Crippen LogP contribution is -2.07. The molecule has 1 aromatic carbocycles. The third-order valence-corrected chi connectivity index (χ3v) is 4.08. The molecule has 2 aromatic rings. The number of nitrogens with zero attached hydrogens (tertiary/aromatic N) is 2. The van der Waals surface area contributed by atoms with E-state index in [0.29, 0.717) is 0 Å². The third kappa shape index (κ3) is 3.29. The average molecular weight is 285 g/mol. The Bertz CT molecular complexity index is 611. The Balaban J connectivity index is 2.45. The van der Waals surface area contributed by atoms with Crippen LogP contribution in [0.25, 0.3) is 11.3 Å². The Morgan fingerprint density at radius 1 is 1.10 bits per heavy atom. The minimum atomic E-state index is 0.815. The first-order valence-electron chi connectivity index (χ1n) is 8.01. The van der Waals surface area contributed by atoms with Crippen molar-refractivity contribution in [3.05, 3.63) is 35.2 Å². The van der Waals surface area contributed by atoms with Crippen molar-refractivity contribution in [3.63, 3.8) is 0 Å². The van der Waals surface area contributed by atoms with Gasteiger partial charge in [-0.2, -0.15) is 0 Å². The number of hydrogen-bond donors (Lipinski definition) is 1. The second-order valence-electron chi connectivity index (χ2n) is 5.82. The number of unbranched alkanes of at least 4 members (excludes halogenated alkanes) is 1. The monoisotopic (exact) mass is 285 g/mol. The number of aryl methyl sites for hydroxylation is 3. The minimum absolute atomic E-state index is 0.815. The average Bonchev–Trinajstić information content (AvgIpc) is 2.77. The van der Waals surface area contributed by atoms with Gasteiger partial charge in [-0.1, -0.05) is 32.4 Å². The quantitative estimate of drug-likeness (QED) is 0.849. The summed E-state index contributed by atoms with van der Waals surface area (Å²) in [4.78, 5) is 4.83. The number of imidazole rings is 1. The number of anilines is 1. The molecule has 0 aliphatic heterocycles. The summed E-state index contributed by atoms with van der Waals surface area (Å²) in [5, 5.41) is 0. The van der Waals surface area contributed by atoms with Crippen molar-refractivity contribution in [2.45, 2.75) is 59.9 Å². The van der Waals surface area contributed by atoms with Crippen molar-refractivity contribution >= 4 is 5.82 Å². The molecule has 21 heavy (non-hydrogen) atoms. The van der Waals surface area contributed by atoms with Gasteiger partial charge in [-0.3, -0.25) is 0 Å². The van der Waals surface area contributed by atoms with E-state index in [0.717, 1.165) is 48.7 Å². The first kappa shape index (κ1) is 15.6. The van der Waals surface area contributed by atoms with Crippen LogP contribution in [0.1, 0.15) is 50.1 Å². The normalized spacial score (nSPS) is 11.0. The van der Waals surface area contributed by atoms with Crippen molar-refractivity contribution in [1.29, 1.82) is 0 Å². The van der Waals surface area contributed by atoms with Gasteiger partial charge in [0.1, 0.15) is 17.3 Å². The predicted molar refractivity (Wildman–Crippen MR) is 90.5 cm³/mol. The molecular formula is C18H27N3. The molecule has 0 atom stereocenters. The molecule has 0 radical (unpaired) electrons. The van der Waals surface area contributed by atoms with Gasteiger partial charge in [-0.25, -0.2) is 4.98 Å². The SMILES string of the molecule is CCCCn1c(CCC)nc(-c2ccc(C)c(C)c2)c1N. The van der Waals surface area contributed by atoms with Crippen molar-refractivity contribution < 1.29 is 0 Å². The van der Waals surface area contributed by atoms with Gasteiger partial charge in [-0.05, 0) is 43.9 Å². The van der Waals surface area contributed by atoms with E-state index in [2.05, 4.69) is 50.5 Å². The smallest absolute Gasteiger partial charge is 0.131 e. The van der Waals surface area contributed by atoms with E-state index in [1.807, 2.05) is 0 Å². The predicted octanol–water partition coefficient (Wildman–Crippen LogP) is 4.50. The van der Waals surface area contributed by atoms with Crippen molar-refractivity contribution in [1.82, 2.24) is 9.55 Å². The molecule has 2 N–H and O–H groups in total. The standard InChI is InChI=1S/C18H27N3/c1-5-7-11-21-16(8-6-2)20-17(18(21)19)15-10-9-13(3)14(4)12-15/h9-10,12H,5-8,11,19H2,1-4H3. The van der Waals surface area contributed by atoms with Gasteiger partial charge in [-0.15, -0.1) is 0 Å². The fraction of sp³-hybridized carbons (Fsp3) is 0.500. The molecule has 2 rings (SSSR count). The summed E-state index contributed by atoms with van der Waals surface area (Å²) in [6.45, 7) is 9.62. The molecule has 0 aliphatic rings. The molecular weight excluding hydrogens is 258 g/mol. The fourth-order valence-electron chi connectivity index (χ4n) is 2.59. The van der Waals surface area contributed by atoms with Crippen LogP contribution in [0.4, 0.5) is 5.82 Å². The van der Waals surface area contributed by atoms with Crippen molar-refractivity contribution in [2.24, 2.45) is 0 Å². The molecule has 1 aromatic heterocycles. The first-order valence-corrected chi connectivity index (χ1v) is 8.01. The zero-order valence-corrected chi connectivity index (χ0v) is 13.7. The summed E-state index contributed by atoms with van der Waals surface area (Å²) in [6, 6.07) is 6.46. The Morgan fingerprint density at radius 3 is 2.48 bits per heavy atom. The van der Waals surface area contributed by atoms with Gasteiger partial charge in [0.2, 0.25) is 0 Å². The molecule has 0 fully saturated rings. The van der Waals surface area contributed by atoms with Gasteiger partial charge < -0.3 is 10.3 Å². The lowest BCUT2D eigenvalue weighted by atomic mass is 10.0. The maximum Gasteiger partial charge on any atom is 0.131 e. The van der Waals surface area contributed by atoms with Crippen LogP contribution in [-0.2, 0) is 13.0 Å². The highest BCUT2D eigenvalue weighted by atomic mass is 15.1. The van der Waals surface area contributed by atoms with Gasteiger partial charge in [0.15, 0.2) is 0 Å². The summed E-state index contributed by atoms with van der Waals surface area (Å²) in [7, 11) is 0. The van der Waals surface area contributed by atoms with E-state index in [9.17, 15) is 0 Å². The Morgan fingerprint density at radius 2 is 1.86 bits per heavy atom. The topological polar surface area (TPSA) is 43.8 Å². The van der Waals surface area contributed by atoms with Crippen LogP contribution in [0.15, 0.2) is 18.2 Å². The molecule has 0 unspecified atom stereocenters. The highest BCUT2D eigenvalue weighted by molar-refractivity contribution is 5.72. The minimum Gasteiger partial charge on any atom is -0.383 e. The molecule has 1 heterocycles. The van der Waals surface area contributed by atoms with Gasteiger partial charge in [0.05, 0.1) is 0 Å². The molecule has 114 valence electrons. The van der Waals surface area contributed by atoms with E-state index >= 15 is 0 Å². The number of benzene rings is 1. The maximum absolute atomic E-state index is 6.40. The van der Waals surface area contributed by atoms with Crippen LogP contribution in [0.3, 0.4) is 0 Å². The lowest BCUT2D eigenvalue weighted by Gasteiger charge is -2.08. The zero-order valence-electron chi connectivity index (χ0n) is 13.7. The highest BCUT2D eigenvalue weighted by Gasteiger charge is 2.15. The molecule has 0 saturated heterocycles. The molecule has 0 aliphatic carbocycles. The van der Waals surface area contributed by atoms with E-state index in [4.69, 9.17) is 10.7 Å². The molecule has 3 heteroatoms. The zero-order chi connectivity index (χ0) is 15.4. The highest BCUT2D eigenvalue weighted by Crippen LogP contribution is 2.28. The number of nitrogens with two attached hydrogens (primary N) is 1. The lowest BCUT2D eigenvalue weighted by molar-refractivity contribution is 0.604. The van der Waals surface area contributed by atoms with Crippen LogP contribution < -0.4 is 5.73 Å². The van der Waals surface area contributed by atoms with Crippen LogP contribution in [0.5, 0.6) is 0 Å². The third-order valence-electron chi connectivity index (χ3n) is 4.08. The van der Waals surface area contributed by atoms with E-state index in [-0.39, 0.29) is 0 Å². The number of rotatable bonds is 6. The fourth-order valence-corrected chi connectivity index (χ4v) is 2.59. The van der Waals surface area contributed by atoms with Crippen molar-refractivity contribution in [2.75, 3.05) is 5.73 Å². The van der Waals surface area contributed by atoms with Crippen LogP contribution in [0.2, 0.25) is 0 Å². The number of nitrogen functional groups attached to an aromatic ring is 1. The van der Waals surface area contributed by atoms with E-state index in [1.165, 1.54) is 17.5 Å². The van der Waals surface area contributed by atoms with E-state index < -0.39 is 0 Å². The van der Waals surface area contributed by atoms with Gasteiger partial charge >= 0.3 is 0 Å². The number of hydrogen-bond acceptors (Lipinski definition) is 2. The molecule has 0 spiro atoms. The molecule has 0 bridgehead atoms. The Labute approximate surface area is 128 Å². The molecule has 3 nitrogen and oxygen atoms in total. The molecule has 0 amide bonds. The van der Waals surface area contributed by atoms with Gasteiger partial charge in [0, 0.05) is 18.5 Å². The number of aromatic nitrogens is 2. The van der Waals surface area contributed by atoms with Crippen LogP contribution in [0, 0.1) is 13.8 Å². The summed E-state index contributed by atoms with van der Waals surface area (Å²) in [6.07, 6.45) is 4.39. The van der Waals surface area contributed by atoms with E-state index in [1.54, 1.807) is 0 Å². The van der Waals surface area contributed by atoms with Gasteiger partial charge in [0.25, 0.3) is 0 Å². The summed E-state index contributed by atoms with van der Waals surface area (Å²) >= 11 is 0.